The molecule has 2 aromatic rings. The molecule has 1 aromatic heterocycles. The summed E-state index contributed by atoms with van der Waals surface area (Å²) in [6.45, 7) is 2.01. The van der Waals surface area contributed by atoms with Crippen LogP contribution in [0.5, 0.6) is 0 Å². The molecule has 17 heavy (non-hydrogen) atoms. The number of nitrogens with one attached hydrogen (secondary N) is 1. The summed E-state index contributed by atoms with van der Waals surface area (Å²) in [5, 5.41) is 5.93. The zero-order valence-electron chi connectivity index (χ0n) is 9.38. The average molecular weight is 244 g/mol. The first kappa shape index (κ1) is 11.5. The summed E-state index contributed by atoms with van der Waals surface area (Å²) in [6, 6.07) is 11.0. The second-order valence-corrected chi connectivity index (χ2v) is 4.48. The van der Waals surface area contributed by atoms with Crippen molar-refractivity contribution in [2.24, 2.45) is 5.10 Å². The van der Waals surface area contributed by atoms with Crippen LogP contribution in [0.15, 0.2) is 46.9 Å². The maximum absolute atomic E-state index is 11.6. The Morgan fingerprint density at radius 3 is 2.71 bits per heavy atom. The molecule has 86 valence electrons. The highest BCUT2D eigenvalue weighted by Crippen LogP contribution is 2.12. The molecule has 1 amide bonds. The van der Waals surface area contributed by atoms with Crippen LogP contribution in [0.4, 0.5) is 0 Å². The summed E-state index contributed by atoms with van der Waals surface area (Å²) in [4.78, 5) is 12.7. The minimum Gasteiger partial charge on any atom is -0.267 e. The van der Waals surface area contributed by atoms with E-state index in [1.807, 2.05) is 36.6 Å². The number of hydrogen-bond donors (Lipinski definition) is 1. The number of thiophene rings is 1. The molecule has 0 aliphatic heterocycles. The van der Waals surface area contributed by atoms with Crippen molar-refractivity contribution in [2.75, 3.05) is 0 Å². The topological polar surface area (TPSA) is 41.5 Å². The molecule has 0 aliphatic carbocycles. The Morgan fingerprint density at radius 1 is 1.29 bits per heavy atom. The molecule has 0 bridgehead atoms. The zero-order valence-corrected chi connectivity index (χ0v) is 10.2. The van der Waals surface area contributed by atoms with Crippen LogP contribution in [0, 0.1) is 6.92 Å². The van der Waals surface area contributed by atoms with Gasteiger partial charge in [0.1, 0.15) is 0 Å². The fourth-order valence-corrected chi connectivity index (χ4v) is 2.11. The molecule has 4 heteroatoms. The Balaban J connectivity index is 1.97. The van der Waals surface area contributed by atoms with Gasteiger partial charge in [0.05, 0.1) is 6.21 Å². The summed E-state index contributed by atoms with van der Waals surface area (Å²) in [7, 11) is 0. The number of benzene rings is 1. The van der Waals surface area contributed by atoms with E-state index in [0.29, 0.717) is 5.56 Å². The largest absolute Gasteiger partial charge is 0.271 e. The summed E-state index contributed by atoms with van der Waals surface area (Å²) in [5.74, 6) is -0.198. The average Bonchev–Trinajstić information content (AvgIpc) is 2.76. The van der Waals surface area contributed by atoms with Crippen LogP contribution in [-0.4, -0.2) is 12.1 Å². The maximum atomic E-state index is 11.6. The number of hydrazone groups is 1. The molecule has 0 saturated heterocycles. The third-order valence-corrected chi connectivity index (χ3v) is 3.24. The lowest BCUT2D eigenvalue weighted by atomic mass is 10.2. The molecule has 1 aromatic carbocycles. The third-order valence-electron chi connectivity index (χ3n) is 2.29. The van der Waals surface area contributed by atoms with Crippen molar-refractivity contribution in [3.05, 3.63) is 57.8 Å². The van der Waals surface area contributed by atoms with E-state index in [2.05, 4.69) is 10.5 Å². The van der Waals surface area contributed by atoms with Crippen molar-refractivity contribution in [3.63, 3.8) is 0 Å². The highest BCUT2D eigenvalue weighted by atomic mass is 32.1. The Hall–Kier alpha value is -1.94. The zero-order chi connectivity index (χ0) is 12.1. The van der Waals surface area contributed by atoms with Gasteiger partial charge in [-0.05, 0) is 36.1 Å². The van der Waals surface area contributed by atoms with Gasteiger partial charge in [-0.25, -0.2) is 5.43 Å². The molecular weight excluding hydrogens is 232 g/mol. The van der Waals surface area contributed by atoms with Crippen molar-refractivity contribution < 1.29 is 4.79 Å². The lowest BCUT2D eigenvalue weighted by Gasteiger charge is -1.98. The Morgan fingerprint density at radius 2 is 2.06 bits per heavy atom. The second kappa shape index (κ2) is 5.41. The number of hydrogen-bond acceptors (Lipinski definition) is 3. The van der Waals surface area contributed by atoms with E-state index in [1.54, 1.807) is 29.7 Å². The first-order valence-electron chi connectivity index (χ1n) is 5.20. The second-order valence-electron chi connectivity index (χ2n) is 3.53. The van der Waals surface area contributed by atoms with E-state index in [1.165, 1.54) is 0 Å². The number of rotatable bonds is 3. The predicted octanol–water partition coefficient (Wildman–Crippen LogP) is 2.82. The van der Waals surface area contributed by atoms with E-state index in [4.69, 9.17) is 0 Å². The molecule has 1 heterocycles. The molecule has 0 fully saturated rings. The Labute approximate surface area is 104 Å². The first-order chi connectivity index (χ1) is 8.27. The molecule has 0 radical (unpaired) electrons. The van der Waals surface area contributed by atoms with E-state index in [9.17, 15) is 4.79 Å². The third kappa shape index (κ3) is 3.01. The van der Waals surface area contributed by atoms with E-state index in [0.717, 1.165) is 10.4 Å². The molecule has 0 spiro atoms. The summed E-state index contributed by atoms with van der Waals surface area (Å²) in [5.41, 5.74) is 4.27. The summed E-state index contributed by atoms with van der Waals surface area (Å²) in [6.07, 6.45) is 1.67. The SMILES string of the molecule is Cc1ccsc1C=NNC(=O)c1ccccc1. The Bertz CT molecular complexity index is 531. The number of carbonyl (C=O) groups excluding carboxylic acids is 1. The van der Waals surface area contributed by atoms with Gasteiger partial charge in [-0.1, -0.05) is 18.2 Å². The highest BCUT2D eigenvalue weighted by Gasteiger charge is 2.01. The molecule has 2 rings (SSSR count). The van der Waals surface area contributed by atoms with Gasteiger partial charge >= 0.3 is 0 Å². The lowest BCUT2D eigenvalue weighted by molar-refractivity contribution is 0.0955. The fraction of sp³-hybridized carbons (Fsp3) is 0.0769. The van der Waals surface area contributed by atoms with Gasteiger partial charge in [-0.3, -0.25) is 4.79 Å². The van der Waals surface area contributed by atoms with E-state index in [-0.39, 0.29) is 5.91 Å². The van der Waals surface area contributed by atoms with Gasteiger partial charge in [0.15, 0.2) is 0 Å². The van der Waals surface area contributed by atoms with Crippen LogP contribution in [0.1, 0.15) is 20.8 Å². The van der Waals surface area contributed by atoms with E-state index >= 15 is 0 Å². The van der Waals surface area contributed by atoms with Gasteiger partial charge in [-0.2, -0.15) is 5.10 Å². The van der Waals surface area contributed by atoms with Gasteiger partial charge in [0.25, 0.3) is 5.91 Å². The number of aryl methyl sites for hydroxylation is 1. The monoisotopic (exact) mass is 244 g/mol. The maximum Gasteiger partial charge on any atom is 0.271 e. The molecule has 0 unspecified atom stereocenters. The van der Waals surface area contributed by atoms with Crippen LogP contribution in [-0.2, 0) is 0 Å². The summed E-state index contributed by atoms with van der Waals surface area (Å²) < 4.78 is 0. The normalized spacial score (nSPS) is 10.6. The van der Waals surface area contributed by atoms with E-state index < -0.39 is 0 Å². The van der Waals surface area contributed by atoms with Crippen molar-refractivity contribution >= 4 is 23.5 Å². The van der Waals surface area contributed by atoms with Crippen molar-refractivity contribution in [1.29, 1.82) is 0 Å². The standard InChI is InChI=1S/C13H12N2OS/c1-10-7-8-17-12(10)9-14-15-13(16)11-5-3-2-4-6-11/h2-9H,1H3,(H,15,16). The van der Waals surface area contributed by atoms with Crippen LogP contribution in [0.25, 0.3) is 0 Å². The van der Waals surface area contributed by atoms with Gasteiger partial charge in [0, 0.05) is 10.4 Å². The van der Waals surface area contributed by atoms with Crippen LogP contribution >= 0.6 is 11.3 Å². The highest BCUT2D eigenvalue weighted by molar-refractivity contribution is 7.11. The molecule has 0 saturated carbocycles. The van der Waals surface area contributed by atoms with Crippen LogP contribution in [0.2, 0.25) is 0 Å². The molecule has 0 atom stereocenters. The fourth-order valence-electron chi connectivity index (χ4n) is 1.32. The van der Waals surface area contributed by atoms with Crippen molar-refractivity contribution in [2.45, 2.75) is 6.92 Å². The first-order valence-corrected chi connectivity index (χ1v) is 6.08. The van der Waals surface area contributed by atoms with Crippen molar-refractivity contribution in [1.82, 2.24) is 5.43 Å². The van der Waals surface area contributed by atoms with Crippen LogP contribution < -0.4 is 5.43 Å². The quantitative estimate of drug-likeness (QED) is 0.654. The summed E-state index contributed by atoms with van der Waals surface area (Å²) >= 11 is 1.60. The lowest BCUT2D eigenvalue weighted by Crippen LogP contribution is -2.17. The van der Waals surface area contributed by atoms with Gasteiger partial charge < -0.3 is 0 Å². The smallest absolute Gasteiger partial charge is 0.267 e. The minimum absolute atomic E-state index is 0.198. The Kier molecular flexibility index (Phi) is 3.67. The number of carbonyl (C=O) groups is 1. The molecule has 0 aliphatic rings. The predicted molar refractivity (Wildman–Crippen MR) is 70.6 cm³/mol. The van der Waals surface area contributed by atoms with Crippen LogP contribution in [0.3, 0.4) is 0 Å². The molecule has 1 N–H and O–H groups in total. The van der Waals surface area contributed by atoms with Gasteiger partial charge in [-0.15, -0.1) is 11.3 Å². The van der Waals surface area contributed by atoms with Gasteiger partial charge in [0.2, 0.25) is 0 Å². The number of amides is 1. The molecule has 3 nitrogen and oxygen atoms in total. The minimum atomic E-state index is -0.198. The van der Waals surface area contributed by atoms with Crippen molar-refractivity contribution in [3.8, 4) is 0 Å². The molecular formula is C13H12N2OS. The number of nitrogens with zero attached hydrogens (tertiary/aromatic N) is 1.